The van der Waals surface area contributed by atoms with Gasteiger partial charge in [0.2, 0.25) is 0 Å². The molecule has 0 aliphatic carbocycles. The van der Waals surface area contributed by atoms with E-state index < -0.39 is 0 Å². The molecule has 2 rings (SSSR count). The van der Waals surface area contributed by atoms with E-state index in [4.69, 9.17) is 4.74 Å². The largest absolute Gasteiger partial charge is 0.376 e. The van der Waals surface area contributed by atoms with E-state index in [9.17, 15) is 4.79 Å². The molecule has 0 radical (unpaired) electrons. The van der Waals surface area contributed by atoms with Gasteiger partial charge >= 0.3 is 6.03 Å². The summed E-state index contributed by atoms with van der Waals surface area (Å²) in [6.07, 6.45) is 5.67. The summed E-state index contributed by atoms with van der Waals surface area (Å²) >= 11 is 0. The number of carbonyl (C=O) groups is 1. The van der Waals surface area contributed by atoms with Crippen molar-refractivity contribution in [1.29, 1.82) is 0 Å². The Morgan fingerprint density at radius 1 is 1.56 bits per heavy atom. The number of hydrogen-bond acceptors (Lipinski definition) is 3. The Morgan fingerprint density at radius 3 is 3.00 bits per heavy atom. The molecule has 98 valence electrons. The lowest BCUT2D eigenvalue weighted by atomic mass is 10.1. The maximum atomic E-state index is 11.7. The Bertz CT molecular complexity index is 377. The Morgan fingerprint density at radius 2 is 2.33 bits per heavy atom. The van der Waals surface area contributed by atoms with Crippen molar-refractivity contribution in [3.05, 3.63) is 30.1 Å². The first-order valence-electron chi connectivity index (χ1n) is 6.30. The molecule has 2 unspecified atom stereocenters. The van der Waals surface area contributed by atoms with Crippen molar-refractivity contribution in [3.8, 4) is 0 Å². The number of urea groups is 1. The van der Waals surface area contributed by atoms with Crippen LogP contribution in [-0.4, -0.2) is 29.8 Å². The van der Waals surface area contributed by atoms with Crippen molar-refractivity contribution in [2.24, 2.45) is 0 Å². The zero-order chi connectivity index (χ0) is 12.8. The van der Waals surface area contributed by atoms with Crippen LogP contribution in [0.25, 0.3) is 0 Å². The summed E-state index contributed by atoms with van der Waals surface area (Å²) in [7, 11) is 0. The van der Waals surface area contributed by atoms with E-state index in [-0.39, 0.29) is 18.2 Å². The van der Waals surface area contributed by atoms with Gasteiger partial charge in [-0.1, -0.05) is 0 Å². The second kappa shape index (κ2) is 6.35. The molecule has 1 saturated heterocycles. The molecule has 1 aromatic rings. The number of ether oxygens (including phenoxy) is 1. The lowest BCUT2D eigenvalue weighted by Gasteiger charge is -2.20. The van der Waals surface area contributed by atoms with Gasteiger partial charge < -0.3 is 15.4 Å². The summed E-state index contributed by atoms with van der Waals surface area (Å²) < 4.78 is 5.53. The lowest BCUT2D eigenvalue weighted by molar-refractivity contribution is 0.0860. The average Bonchev–Trinajstić information content (AvgIpc) is 2.91. The molecule has 0 aromatic carbocycles. The number of aromatic nitrogens is 1. The highest BCUT2D eigenvalue weighted by atomic mass is 16.5. The fourth-order valence-electron chi connectivity index (χ4n) is 2.03. The molecule has 2 amide bonds. The lowest BCUT2D eigenvalue weighted by Crippen LogP contribution is -2.45. The second-order valence-corrected chi connectivity index (χ2v) is 4.52. The van der Waals surface area contributed by atoms with E-state index in [0.29, 0.717) is 6.54 Å². The van der Waals surface area contributed by atoms with Crippen molar-refractivity contribution in [3.63, 3.8) is 0 Å². The first-order chi connectivity index (χ1) is 8.75. The summed E-state index contributed by atoms with van der Waals surface area (Å²) in [4.78, 5) is 15.6. The van der Waals surface area contributed by atoms with Gasteiger partial charge in [-0.15, -0.1) is 0 Å². The molecule has 0 spiro atoms. The van der Waals surface area contributed by atoms with Gasteiger partial charge in [0.1, 0.15) is 0 Å². The van der Waals surface area contributed by atoms with Gasteiger partial charge in [-0.2, -0.15) is 0 Å². The van der Waals surface area contributed by atoms with E-state index in [1.807, 2.05) is 19.1 Å². The Kier molecular flexibility index (Phi) is 4.52. The van der Waals surface area contributed by atoms with Crippen molar-refractivity contribution >= 4 is 6.03 Å². The van der Waals surface area contributed by atoms with Gasteiger partial charge in [-0.25, -0.2) is 4.79 Å². The molecule has 5 nitrogen and oxygen atoms in total. The third-order valence-corrected chi connectivity index (χ3v) is 3.08. The number of hydrogen-bond donors (Lipinski definition) is 2. The first-order valence-corrected chi connectivity index (χ1v) is 6.30. The van der Waals surface area contributed by atoms with Gasteiger partial charge in [-0.3, -0.25) is 4.98 Å². The number of carbonyl (C=O) groups excluding carboxylic acids is 1. The minimum absolute atomic E-state index is 0.0462. The van der Waals surface area contributed by atoms with Gasteiger partial charge in [0.25, 0.3) is 0 Å². The molecule has 0 saturated carbocycles. The topological polar surface area (TPSA) is 63.2 Å². The van der Waals surface area contributed by atoms with Crippen LogP contribution in [0, 0.1) is 0 Å². The number of rotatable bonds is 4. The molecule has 2 heterocycles. The van der Waals surface area contributed by atoms with Gasteiger partial charge in [0.15, 0.2) is 0 Å². The molecule has 1 aliphatic heterocycles. The Hall–Kier alpha value is -1.62. The molecule has 2 N–H and O–H groups in total. The maximum Gasteiger partial charge on any atom is 0.315 e. The number of nitrogens with one attached hydrogen (secondary N) is 2. The minimum Gasteiger partial charge on any atom is -0.376 e. The fraction of sp³-hybridized carbons (Fsp3) is 0.538. The van der Waals surface area contributed by atoms with Crippen LogP contribution in [0.2, 0.25) is 0 Å². The summed E-state index contributed by atoms with van der Waals surface area (Å²) in [5.41, 5.74) is 1.03. The smallest absolute Gasteiger partial charge is 0.315 e. The van der Waals surface area contributed by atoms with Crippen molar-refractivity contribution in [1.82, 2.24) is 15.6 Å². The van der Waals surface area contributed by atoms with E-state index in [1.54, 1.807) is 12.4 Å². The SMILES string of the molecule is CC(NC(=O)NCc1ccncc1)C1CCCO1. The molecule has 0 bridgehead atoms. The van der Waals surface area contributed by atoms with Crippen LogP contribution in [0.3, 0.4) is 0 Å². The summed E-state index contributed by atoms with van der Waals surface area (Å²) in [5.74, 6) is 0. The Balaban J connectivity index is 1.71. The van der Waals surface area contributed by atoms with Gasteiger partial charge in [0.05, 0.1) is 12.1 Å². The van der Waals surface area contributed by atoms with E-state index in [1.165, 1.54) is 0 Å². The predicted molar refractivity (Wildman–Crippen MR) is 68.0 cm³/mol. The summed E-state index contributed by atoms with van der Waals surface area (Å²) in [6.45, 7) is 3.28. The highest BCUT2D eigenvalue weighted by molar-refractivity contribution is 5.74. The third-order valence-electron chi connectivity index (χ3n) is 3.08. The molecule has 2 atom stereocenters. The molecule has 1 fully saturated rings. The van der Waals surface area contributed by atoms with Crippen LogP contribution < -0.4 is 10.6 Å². The average molecular weight is 249 g/mol. The van der Waals surface area contributed by atoms with Crippen LogP contribution in [0.5, 0.6) is 0 Å². The van der Waals surface area contributed by atoms with Gasteiger partial charge in [0, 0.05) is 25.5 Å². The summed E-state index contributed by atoms with van der Waals surface area (Å²) in [6, 6.07) is 3.65. The molecule has 1 aromatic heterocycles. The third kappa shape index (κ3) is 3.70. The van der Waals surface area contributed by atoms with Crippen LogP contribution in [0.4, 0.5) is 4.79 Å². The van der Waals surface area contributed by atoms with Crippen LogP contribution >= 0.6 is 0 Å². The second-order valence-electron chi connectivity index (χ2n) is 4.52. The van der Waals surface area contributed by atoms with E-state index in [2.05, 4.69) is 15.6 Å². The molecule has 1 aliphatic rings. The van der Waals surface area contributed by atoms with E-state index in [0.717, 1.165) is 25.0 Å². The molecule has 5 heteroatoms. The van der Waals surface area contributed by atoms with Gasteiger partial charge in [-0.05, 0) is 37.5 Å². The van der Waals surface area contributed by atoms with Crippen molar-refractivity contribution < 1.29 is 9.53 Å². The maximum absolute atomic E-state index is 11.7. The highest BCUT2D eigenvalue weighted by Gasteiger charge is 2.23. The minimum atomic E-state index is -0.158. The van der Waals surface area contributed by atoms with Crippen LogP contribution in [0.1, 0.15) is 25.3 Å². The zero-order valence-corrected chi connectivity index (χ0v) is 10.6. The summed E-state index contributed by atoms with van der Waals surface area (Å²) in [5, 5.41) is 5.72. The number of pyridine rings is 1. The van der Waals surface area contributed by atoms with Crippen LogP contribution in [-0.2, 0) is 11.3 Å². The monoisotopic (exact) mass is 249 g/mol. The van der Waals surface area contributed by atoms with E-state index >= 15 is 0 Å². The predicted octanol–water partition coefficient (Wildman–Crippen LogP) is 1.45. The highest BCUT2D eigenvalue weighted by Crippen LogP contribution is 2.15. The normalized spacial score (nSPS) is 20.4. The number of amides is 2. The molecular weight excluding hydrogens is 230 g/mol. The van der Waals surface area contributed by atoms with Crippen molar-refractivity contribution in [2.75, 3.05) is 6.61 Å². The molecule has 18 heavy (non-hydrogen) atoms. The zero-order valence-electron chi connectivity index (χ0n) is 10.6. The first kappa shape index (κ1) is 12.8. The standard InChI is InChI=1S/C13H19N3O2/c1-10(12-3-2-8-18-12)16-13(17)15-9-11-4-6-14-7-5-11/h4-7,10,12H,2-3,8-9H2,1H3,(H2,15,16,17). The Labute approximate surface area is 107 Å². The fourth-order valence-corrected chi connectivity index (χ4v) is 2.03. The van der Waals surface area contributed by atoms with Crippen molar-refractivity contribution in [2.45, 2.75) is 38.5 Å². The number of nitrogens with zero attached hydrogens (tertiary/aromatic N) is 1. The molecular formula is C13H19N3O2. The quantitative estimate of drug-likeness (QED) is 0.849. The van der Waals surface area contributed by atoms with Crippen LogP contribution in [0.15, 0.2) is 24.5 Å².